The number of nitrogens with zero attached hydrogens (tertiary/aromatic N) is 1. The number of benzene rings is 1. The van der Waals surface area contributed by atoms with Gasteiger partial charge in [0.1, 0.15) is 0 Å². The first-order chi connectivity index (χ1) is 8.99. The van der Waals surface area contributed by atoms with E-state index in [1.54, 1.807) is 4.90 Å². The Bertz CT molecular complexity index is 449. The zero-order valence-corrected chi connectivity index (χ0v) is 11.2. The van der Waals surface area contributed by atoms with Gasteiger partial charge in [0.05, 0.1) is 5.69 Å². The highest BCUT2D eigenvalue weighted by atomic mass is 19.2. The summed E-state index contributed by atoms with van der Waals surface area (Å²) >= 11 is 0. The summed E-state index contributed by atoms with van der Waals surface area (Å²) < 4.78 is 40.0. The molecule has 0 saturated carbocycles. The van der Waals surface area contributed by atoms with Crippen molar-refractivity contribution in [2.45, 2.75) is 26.3 Å². The Hall–Kier alpha value is -1.23. The van der Waals surface area contributed by atoms with Gasteiger partial charge in [-0.3, -0.25) is 0 Å². The van der Waals surface area contributed by atoms with Gasteiger partial charge in [-0.05, 0) is 24.5 Å². The number of hydrogen-bond donors (Lipinski definition) is 1. The van der Waals surface area contributed by atoms with Crippen molar-refractivity contribution in [3.63, 3.8) is 0 Å². The van der Waals surface area contributed by atoms with Crippen LogP contribution in [-0.2, 0) is 0 Å². The zero-order valence-electron chi connectivity index (χ0n) is 11.2. The molecule has 1 unspecified atom stereocenters. The largest absolute Gasteiger partial charge is 0.366 e. The Balaban J connectivity index is 2.15. The fraction of sp³-hybridized carbons (Fsp3) is 0.571. The van der Waals surface area contributed by atoms with Gasteiger partial charge in [0.25, 0.3) is 0 Å². The fourth-order valence-corrected chi connectivity index (χ4v) is 2.53. The molecule has 1 aliphatic heterocycles. The van der Waals surface area contributed by atoms with Gasteiger partial charge in [-0.25, -0.2) is 13.2 Å². The molecule has 1 heterocycles. The molecule has 0 spiro atoms. The smallest absolute Gasteiger partial charge is 0.196 e. The van der Waals surface area contributed by atoms with Crippen molar-refractivity contribution in [1.29, 1.82) is 0 Å². The van der Waals surface area contributed by atoms with Crippen molar-refractivity contribution in [3.05, 3.63) is 29.6 Å². The first kappa shape index (κ1) is 14.2. The van der Waals surface area contributed by atoms with Crippen LogP contribution in [0.1, 0.15) is 20.3 Å². The average Bonchev–Trinajstić information content (AvgIpc) is 2.36. The topological polar surface area (TPSA) is 15.3 Å². The van der Waals surface area contributed by atoms with Gasteiger partial charge in [-0.2, -0.15) is 0 Å². The van der Waals surface area contributed by atoms with Crippen LogP contribution in [0.5, 0.6) is 0 Å². The van der Waals surface area contributed by atoms with E-state index in [1.165, 1.54) is 6.07 Å². The quantitative estimate of drug-likeness (QED) is 0.851. The van der Waals surface area contributed by atoms with Crippen molar-refractivity contribution >= 4 is 5.69 Å². The third kappa shape index (κ3) is 3.21. The number of piperazine rings is 1. The molecule has 0 bridgehead atoms. The molecule has 5 heteroatoms. The van der Waals surface area contributed by atoms with Crippen LogP contribution < -0.4 is 10.2 Å². The minimum absolute atomic E-state index is 0.147. The fourth-order valence-electron chi connectivity index (χ4n) is 2.53. The highest BCUT2D eigenvalue weighted by Crippen LogP contribution is 2.25. The molecular weight excluding hydrogens is 253 g/mol. The Morgan fingerprint density at radius 3 is 2.68 bits per heavy atom. The maximum Gasteiger partial charge on any atom is 0.196 e. The molecule has 0 amide bonds. The molecule has 106 valence electrons. The minimum atomic E-state index is -1.39. The van der Waals surface area contributed by atoms with Crippen LogP contribution in [0.4, 0.5) is 18.9 Å². The van der Waals surface area contributed by atoms with Gasteiger partial charge in [0, 0.05) is 25.7 Å². The Kier molecular flexibility index (Phi) is 4.34. The van der Waals surface area contributed by atoms with Gasteiger partial charge < -0.3 is 10.2 Å². The van der Waals surface area contributed by atoms with Crippen molar-refractivity contribution in [1.82, 2.24) is 5.32 Å². The lowest BCUT2D eigenvalue weighted by molar-refractivity contribution is 0.383. The third-order valence-corrected chi connectivity index (χ3v) is 3.37. The van der Waals surface area contributed by atoms with Crippen LogP contribution in [0, 0.1) is 23.4 Å². The minimum Gasteiger partial charge on any atom is -0.366 e. The van der Waals surface area contributed by atoms with Gasteiger partial charge in [-0.1, -0.05) is 13.8 Å². The maximum absolute atomic E-state index is 13.8. The lowest BCUT2D eigenvalue weighted by atomic mass is 10.0. The van der Waals surface area contributed by atoms with Crippen molar-refractivity contribution < 1.29 is 13.2 Å². The summed E-state index contributed by atoms with van der Waals surface area (Å²) in [6.07, 6.45) is 0.974. The highest BCUT2D eigenvalue weighted by molar-refractivity contribution is 5.49. The summed E-state index contributed by atoms with van der Waals surface area (Å²) in [7, 11) is 0. The molecule has 1 aliphatic rings. The van der Waals surface area contributed by atoms with E-state index in [0.717, 1.165) is 19.0 Å². The average molecular weight is 272 g/mol. The number of nitrogens with one attached hydrogen (secondary N) is 1. The first-order valence-corrected chi connectivity index (χ1v) is 6.61. The maximum atomic E-state index is 13.8. The summed E-state index contributed by atoms with van der Waals surface area (Å²) in [5.74, 6) is -3.09. The van der Waals surface area contributed by atoms with Crippen molar-refractivity contribution in [2.24, 2.45) is 5.92 Å². The second-order valence-electron chi connectivity index (χ2n) is 5.42. The van der Waals surface area contributed by atoms with Crippen LogP contribution in [0.2, 0.25) is 0 Å². The van der Waals surface area contributed by atoms with Gasteiger partial charge in [-0.15, -0.1) is 0 Å². The van der Waals surface area contributed by atoms with Gasteiger partial charge >= 0.3 is 0 Å². The summed E-state index contributed by atoms with van der Waals surface area (Å²) in [6.45, 7) is 6.17. The second-order valence-corrected chi connectivity index (χ2v) is 5.42. The number of hydrogen-bond acceptors (Lipinski definition) is 2. The predicted molar refractivity (Wildman–Crippen MR) is 69.8 cm³/mol. The molecule has 2 rings (SSSR count). The van der Waals surface area contributed by atoms with E-state index in [4.69, 9.17) is 0 Å². The highest BCUT2D eigenvalue weighted by Gasteiger charge is 2.24. The van der Waals surface area contributed by atoms with Gasteiger partial charge in [0.15, 0.2) is 17.5 Å². The molecule has 0 aromatic heterocycles. The molecule has 1 atom stereocenters. The van der Waals surface area contributed by atoms with E-state index in [2.05, 4.69) is 19.2 Å². The molecule has 0 aliphatic carbocycles. The molecule has 19 heavy (non-hydrogen) atoms. The predicted octanol–water partition coefficient (Wildman–Crippen LogP) is 2.93. The number of rotatable bonds is 3. The monoisotopic (exact) mass is 272 g/mol. The molecule has 1 aromatic carbocycles. The number of halogens is 3. The first-order valence-electron chi connectivity index (χ1n) is 6.61. The van der Waals surface area contributed by atoms with E-state index in [1.807, 2.05) is 0 Å². The summed E-state index contributed by atoms with van der Waals surface area (Å²) in [4.78, 5) is 1.78. The Morgan fingerprint density at radius 1 is 1.26 bits per heavy atom. The Morgan fingerprint density at radius 2 is 2.00 bits per heavy atom. The number of anilines is 1. The van der Waals surface area contributed by atoms with E-state index >= 15 is 0 Å². The third-order valence-electron chi connectivity index (χ3n) is 3.37. The van der Waals surface area contributed by atoms with Crippen molar-refractivity contribution in [3.8, 4) is 0 Å². The zero-order chi connectivity index (χ0) is 14.0. The van der Waals surface area contributed by atoms with Crippen LogP contribution >= 0.6 is 0 Å². The van der Waals surface area contributed by atoms with Gasteiger partial charge in [0.2, 0.25) is 0 Å². The SMILES string of the molecule is CC(C)CC1CN(c2ccc(F)c(F)c2F)CCN1. The molecule has 1 N–H and O–H groups in total. The second kappa shape index (κ2) is 5.82. The molecule has 1 aromatic rings. The molecular formula is C14H19F3N2. The normalized spacial score (nSPS) is 20.1. The van der Waals surface area contributed by atoms with Crippen LogP contribution in [0.3, 0.4) is 0 Å². The molecule has 0 radical (unpaired) electrons. The van der Waals surface area contributed by atoms with Crippen LogP contribution in [0.25, 0.3) is 0 Å². The lowest BCUT2D eigenvalue weighted by Crippen LogP contribution is -2.51. The molecule has 1 fully saturated rings. The summed E-state index contributed by atoms with van der Waals surface area (Å²) in [5, 5.41) is 3.36. The lowest BCUT2D eigenvalue weighted by Gasteiger charge is -2.36. The summed E-state index contributed by atoms with van der Waals surface area (Å²) in [6, 6.07) is 2.54. The van der Waals surface area contributed by atoms with E-state index in [9.17, 15) is 13.2 Å². The van der Waals surface area contributed by atoms with Crippen LogP contribution in [-0.4, -0.2) is 25.7 Å². The van der Waals surface area contributed by atoms with E-state index in [0.29, 0.717) is 19.0 Å². The van der Waals surface area contributed by atoms with E-state index < -0.39 is 17.5 Å². The van der Waals surface area contributed by atoms with Crippen molar-refractivity contribution in [2.75, 3.05) is 24.5 Å². The standard InChI is InChI=1S/C14H19F3N2/c1-9(2)7-10-8-19(6-5-18-10)12-4-3-11(15)13(16)14(12)17/h3-4,9-10,18H,5-8H2,1-2H3. The Labute approximate surface area is 111 Å². The van der Waals surface area contributed by atoms with Crippen LogP contribution in [0.15, 0.2) is 12.1 Å². The molecule has 2 nitrogen and oxygen atoms in total. The van der Waals surface area contributed by atoms with E-state index in [-0.39, 0.29) is 11.7 Å². The summed E-state index contributed by atoms with van der Waals surface area (Å²) in [5.41, 5.74) is 0.147. The molecule has 1 saturated heterocycles.